The molecule has 0 saturated carbocycles. The summed E-state index contributed by atoms with van der Waals surface area (Å²) in [6.07, 6.45) is 10.2. The van der Waals surface area contributed by atoms with Gasteiger partial charge in [0.1, 0.15) is 6.10 Å². The van der Waals surface area contributed by atoms with E-state index >= 15 is 0 Å². The van der Waals surface area contributed by atoms with Crippen molar-refractivity contribution in [1.29, 1.82) is 0 Å². The lowest BCUT2D eigenvalue weighted by molar-refractivity contribution is -0.142. The number of hydrogen-bond donors (Lipinski definition) is 2. The molecule has 166 valence electrons. The van der Waals surface area contributed by atoms with Crippen LogP contribution in [0.25, 0.3) is 0 Å². The number of likely N-dealkylation sites (N-methyl/N-ethyl adjacent to an activating group) is 1. The van der Waals surface area contributed by atoms with Crippen molar-refractivity contribution < 1.29 is 9.53 Å². The van der Waals surface area contributed by atoms with E-state index in [9.17, 15) is 4.79 Å². The Kier molecular flexibility index (Phi) is 5.60. The summed E-state index contributed by atoms with van der Waals surface area (Å²) in [5.41, 5.74) is 4.19. The lowest BCUT2D eigenvalue weighted by atomic mass is 9.74. The van der Waals surface area contributed by atoms with Crippen molar-refractivity contribution in [2.45, 2.75) is 89.9 Å². The summed E-state index contributed by atoms with van der Waals surface area (Å²) < 4.78 is 5.37. The molecule has 6 nitrogen and oxygen atoms in total. The third kappa shape index (κ3) is 3.73. The largest absolute Gasteiger partial charge is 0.372 e. The van der Waals surface area contributed by atoms with Crippen LogP contribution in [0.3, 0.4) is 0 Å². The molecular formula is C24H38N4O2. The van der Waals surface area contributed by atoms with Gasteiger partial charge in [-0.3, -0.25) is 9.89 Å². The molecule has 2 aliphatic carbocycles. The van der Waals surface area contributed by atoms with Crippen LogP contribution in [0, 0.1) is 11.3 Å². The van der Waals surface area contributed by atoms with Crippen LogP contribution in [0.2, 0.25) is 0 Å². The normalized spacial score (nSPS) is 33.1. The highest BCUT2D eigenvalue weighted by atomic mass is 16.5. The molecule has 0 aromatic carbocycles. The van der Waals surface area contributed by atoms with Crippen LogP contribution in [0.4, 0.5) is 0 Å². The number of aromatic amines is 1. The van der Waals surface area contributed by atoms with Gasteiger partial charge >= 0.3 is 0 Å². The summed E-state index contributed by atoms with van der Waals surface area (Å²) in [6.45, 7) is 8.98. The molecule has 0 bridgehead atoms. The number of H-pyrrole nitrogens is 1. The Morgan fingerprint density at radius 1 is 1.37 bits per heavy atom. The molecule has 1 aliphatic heterocycles. The number of aromatic nitrogens is 2. The van der Waals surface area contributed by atoms with Gasteiger partial charge in [-0.25, -0.2) is 0 Å². The van der Waals surface area contributed by atoms with Crippen molar-refractivity contribution in [3.8, 4) is 0 Å². The number of amides is 1. The first-order chi connectivity index (χ1) is 14.2. The lowest BCUT2D eigenvalue weighted by Gasteiger charge is -2.35. The van der Waals surface area contributed by atoms with Gasteiger partial charge in [0.15, 0.2) is 0 Å². The van der Waals surface area contributed by atoms with Crippen molar-refractivity contribution in [3.05, 3.63) is 29.1 Å². The highest BCUT2D eigenvalue weighted by Gasteiger charge is 2.47. The number of methoxy groups -OCH3 is 1. The van der Waals surface area contributed by atoms with Crippen LogP contribution >= 0.6 is 0 Å². The minimum absolute atomic E-state index is 0.0674. The van der Waals surface area contributed by atoms with Gasteiger partial charge in [0.2, 0.25) is 0 Å². The van der Waals surface area contributed by atoms with Crippen LogP contribution < -0.4 is 5.32 Å². The van der Waals surface area contributed by atoms with Crippen LogP contribution in [-0.4, -0.2) is 53.3 Å². The molecule has 2 N–H and O–H groups in total. The summed E-state index contributed by atoms with van der Waals surface area (Å²) in [5.74, 6) is 0.546. The van der Waals surface area contributed by atoms with E-state index in [-0.39, 0.29) is 23.6 Å². The number of carbonyl (C=O) groups excluding carboxylic acids is 1. The van der Waals surface area contributed by atoms with Crippen molar-refractivity contribution in [2.75, 3.05) is 14.2 Å². The maximum atomic E-state index is 12.8. The van der Waals surface area contributed by atoms with Crippen LogP contribution in [0.15, 0.2) is 12.2 Å². The average Bonchev–Trinajstić information content (AvgIpc) is 3.27. The van der Waals surface area contributed by atoms with Crippen LogP contribution in [0.5, 0.6) is 0 Å². The second-order valence-corrected chi connectivity index (χ2v) is 10.6. The Morgan fingerprint density at radius 3 is 2.83 bits per heavy atom. The number of rotatable bonds is 5. The molecule has 3 unspecified atom stereocenters. The van der Waals surface area contributed by atoms with Gasteiger partial charge in [-0.05, 0) is 62.3 Å². The number of nitrogens with one attached hydrogen (secondary N) is 2. The van der Waals surface area contributed by atoms with Crippen LogP contribution in [0.1, 0.15) is 70.3 Å². The molecule has 1 aromatic heterocycles. The SMILES string of the molecule is CC[C@H](OC)C(=O)N(C)C1C=CC2C[C@](C)(c3n[nH]c4c3CCC(C)(C)C4)NC2C1. The molecule has 2 heterocycles. The Morgan fingerprint density at radius 2 is 2.13 bits per heavy atom. The van der Waals surface area contributed by atoms with Crippen molar-refractivity contribution in [2.24, 2.45) is 11.3 Å². The summed E-state index contributed by atoms with van der Waals surface area (Å²) in [7, 11) is 3.52. The van der Waals surface area contributed by atoms with Gasteiger partial charge in [0.05, 0.1) is 17.3 Å². The molecule has 1 aromatic rings. The Bertz CT molecular complexity index is 825. The fraction of sp³-hybridized carbons (Fsp3) is 0.750. The summed E-state index contributed by atoms with van der Waals surface area (Å²) in [4.78, 5) is 14.6. The van der Waals surface area contributed by atoms with E-state index < -0.39 is 0 Å². The molecule has 0 spiro atoms. The summed E-state index contributed by atoms with van der Waals surface area (Å²) in [5, 5.41) is 12.1. The molecule has 1 fully saturated rings. The van der Waals surface area contributed by atoms with Crippen molar-refractivity contribution >= 4 is 5.91 Å². The Hall–Kier alpha value is -1.66. The van der Waals surface area contributed by atoms with Gasteiger partial charge in [0, 0.05) is 25.9 Å². The zero-order valence-electron chi connectivity index (χ0n) is 19.4. The third-order valence-corrected chi connectivity index (χ3v) is 7.70. The second-order valence-electron chi connectivity index (χ2n) is 10.6. The first-order valence-electron chi connectivity index (χ1n) is 11.5. The van der Waals surface area contributed by atoms with E-state index in [0.717, 1.165) is 25.7 Å². The van der Waals surface area contributed by atoms with E-state index in [1.54, 1.807) is 7.11 Å². The minimum Gasteiger partial charge on any atom is -0.372 e. The van der Waals surface area contributed by atoms with E-state index in [2.05, 4.69) is 43.3 Å². The molecule has 6 heteroatoms. The summed E-state index contributed by atoms with van der Waals surface area (Å²) >= 11 is 0. The monoisotopic (exact) mass is 414 g/mol. The highest BCUT2D eigenvalue weighted by Crippen LogP contribution is 2.44. The highest BCUT2D eigenvalue weighted by molar-refractivity contribution is 5.81. The van der Waals surface area contributed by atoms with E-state index in [1.807, 2.05) is 18.9 Å². The number of carbonyl (C=O) groups is 1. The quantitative estimate of drug-likeness (QED) is 0.725. The molecule has 0 radical (unpaired) electrons. The maximum Gasteiger partial charge on any atom is 0.251 e. The molecule has 30 heavy (non-hydrogen) atoms. The molecule has 1 amide bonds. The van der Waals surface area contributed by atoms with Gasteiger partial charge in [0.25, 0.3) is 5.91 Å². The molecule has 3 aliphatic rings. The average molecular weight is 415 g/mol. The zero-order valence-corrected chi connectivity index (χ0v) is 19.4. The maximum absolute atomic E-state index is 12.8. The minimum atomic E-state index is -0.359. The number of ether oxygens (including phenoxy) is 1. The fourth-order valence-electron chi connectivity index (χ4n) is 5.82. The lowest BCUT2D eigenvalue weighted by Crippen LogP contribution is -2.48. The Labute approximate surface area is 180 Å². The fourth-order valence-corrected chi connectivity index (χ4v) is 5.82. The summed E-state index contributed by atoms with van der Waals surface area (Å²) in [6, 6.07) is 0.460. The predicted octanol–water partition coefficient (Wildman–Crippen LogP) is 3.33. The van der Waals surface area contributed by atoms with Crippen molar-refractivity contribution in [3.63, 3.8) is 0 Å². The van der Waals surface area contributed by atoms with E-state index in [0.29, 0.717) is 23.8 Å². The molecule has 1 saturated heterocycles. The Balaban J connectivity index is 1.49. The second kappa shape index (κ2) is 7.79. The molecule has 5 atom stereocenters. The number of hydrogen-bond acceptors (Lipinski definition) is 4. The van der Waals surface area contributed by atoms with Gasteiger partial charge < -0.3 is 15.0 Å². The van der Waals surface area contributed by atoms with Gasteiger partial charge in [-0.15, -0.1) is 0 Å². The zero-order chi connectivity index (χ0) is 21.7. The predicted molar refractivity (Wildman–Crippen MR) is 118 cm³/mol. The van der Waals surface area contributed by atoms with E-state index in [4.69, 9.17) is 9.84 Å². The smallest absolute Gasteiger partial charge is 0.251 e. The first-order valence-corrected chi connectivity index (χ1v) is 11.5. The molecular weight excluding hydrogens is 376 g/mol. The third-order valence-electron chi connectivity index (χ3n) is 7.70. The topological polar surface area (TPSA) is 70.2 Å². The number of fused-ring (bicyclic) bond motifs is 2. The number of nitrogens with zero attached hydrogens (tertiary/aromatic N) is 2. The molecule has 4 rings (SSSR count). The standard InChI is InChI=1S/C24H38N4O2/c1-7-20(30-6)22(29)28(5)16-9-8-15-13-24(4,25-18(15)12-16)21-17-10-11-23(2,3)14-19(17)26-27-21/h8-9,15-16,18,20,25H,7,10-14H2,1-6H3,(H,26,27)/t15?,16?,18?,20-,24+/m0/s1. The first kappa shape index (κ1) is 21.6. The van der Waals surface area contributed by atoms with Crippen LogP contribution in [-0.2, 0) is 27.9 Å². The van der Waals surface area contributed by atoms with Gasteiger partial charge in [-0.1, -0.05) is 32.9 Å². The van der Waals surface area contributed by atoms with Gasteiger partial charge in [-0.2, -0.15) is 5.10 Å². The van der Waals surface area contributed by atoms with Crippen molar-refractivity contribution in [1.82, 2.24) is 20.4 Å². The van der Waals surface area contributed by atoms with E-state index in [1.165, 1.54) is 23.4 Å².